The van der Waals surface area contributed by atoms with Crippen LogP contribution in [0.25, 0.3) is 0 Å². The van der Waals surface area contributed by atoms with Gasteiger partial charge in [0.25, 0.3) is 0 Å². The van der Waals surface area contributed by atoms with E-state index in [9.17, 15) is 4.79 Å². The van der Waals surface area contributed by atoms with Crippen LogP contribution in [0.15, 0.2) is 34.9 Å². The van der Waals surface area contributed by atoms with Crippen molar-refractivity contribution in [3.8, 4) is 0 Å². The van der Waals surface area contributed by atoms with Crippen LogP contribution in [-0.2, 0) is 24.1 Å². The van der Waals surface area contributed by atoms with Gasteiger partial charge in [0.15, 0.2) is 5.82 Å². The van der Waals surface area contributed by atoms with E-state index in [1.54, 1.807) is 0 Å². The van der Waals surface area contributed by atoms with Crippen molar-refractivity contribution in [2.45, 2.75) is 64.3 Å². The van der Waals surface area contributed by atoms with E-state index in [1.807, 2.05) is 6.07 Å². The highest BCUT2D eigenvalue weighted by Gasteiger charge is 2.26. The maximum absolute atomic E-state index is 12.7. The average Bonchev–Trinajstić information content (AvgIpc) is 3.09. The summed E-state index contributed by atoms with van der Waals surface area (Å²) in [5, 5.41) is 3.96. The second-order valence-corrected chi connectivity index (χ2v) is 6.78. The molecule has 0 bridgehead atoms. The van der Waals surface area contributed by atoms with E-state index in [4.69, 9.17) is 4.52 Å². The molecular weight excluding hydrogens is 314 g/mol. The van der Waals surface area contributed by atoms with Crippen LogP contribution in [0.5, 0.6) is 0 Å². The Kier molecular flexibility index (Phi) is 6.20. The van der Waals surface area contributed by atoms with Gasteiger partial charge < -0.3 is 9.42 Å². The molecule has 1 aliphatic rings. The normalized spacial score (nSPS) is 17.6. The quantitative estimate of drug-likeness (QED) is 0.772. The Hall–Kier alpha value is -2.17. The molecule has 0 unspecified atom stereocenters. The molecule has 1 fully saturated rings. The molecule has 2 aromatic rings. The zero-order chi connectivity index (χ0) is 17.5. The molecule has 3 rings (SSSR count). The van der Waals surface area contributed by atoms with E-state index < -0.39 is 0 Å². The largest absolute Gasteiger partial charge is 0.339 e. The first kappa shape index (κ1) is 17.6. The first-order chi connectivity index (χ1) is 12.3. The third-order valence-corrected chi connectivity index (χ3v) is 4.80. The standard InChI is InChI=1S/C20H27N3O2/c1-2-8-18-21-19(25-22-18)12-13-20(24)23-14-7-6-11-17(23)15-16-9-4-3-5-10-16/h3-5,9-10,17H,2,6-8,11-15H2,1H3/t17-/m0/s1. The molecule has 5 heteroatoms. The van der Waals surface area contributed by atoms with Gasteiger partial charge >= 0.3 is 0 Å². The minimum Gasteiger partial charge on any atom is -0.339 e. The molecule has 0 spiro atoms. The van der Waals surface area contributed by atoms with Crippen molar-refractivity contribution in [2.75, 3.05) is 6.54 Å². The number of benzene rings is 1. The van der Waals surface area contributed by atoms with Crippen LogP contribution in [0.4, 0.5) is 0 Å². The lowest BCUT2D eigenvalue weighted by atomic mass is 9.95. The van der Waals surface area contributed by atoms with Crippen molar-refractivity contribution in [1.82, 2.24) is 15.0 Å². The second-order valence-electron chi connectivity index (χ2n) is 6.78. The monoisotopic (exact) mass is 341 g/mol. The predicted octanol–water partition coefficient (Wildman–Crippen LogP) is 3.58. The smallest absolute Gasteiger partial charge is 0.227 e. The number of hydrogen-bond donors (Lipinski definition) is 0. The van der Waals surface area contributed by atoms with Crippen molar-refractivity contribution in [1.29, 1.82) is 0 Å². The van der Waals surface area contributed by atoms with Crippen molar-refractivity contribution in [2.24, 2.45) is 0 Å². The summed E-state index contributed by atoms with van der Waals surface area (Å²) in [5.41, 5.74) is 1.30. The van der Waals surface area contributed by atoms with Crippen LogP contribution >= 0.6 is 0 Å². The Morgan fingerprint density at radius 3 is 2.88 bits per heavy atom. The summed E-state index contributed by atoms with van der Waals surface area (Å²) >= 11 is 0. The fraction of sp³-hybridized carbons (Fsp3) is 0.550. The van der Waals surface area contributed by atoms with Gasteiger partial charge in [-0.15, -0.1) is 0 Å². The zero-order valence-corrected chi connectivity index (χ0v) is 15.0. The van der Waals surface area contributed by atoms with Gasteiger partial charge in [-0.1, -0.05) is 42.4 Å². The predicted molar refractivity (Wildman–Crippen MR) is 96.1 cm³/mol. The van der Waals surface area contributed by atoms with Crippen LogP contribution in [0, 0.1) is 0 Å². The molecule has 0 N–H and O–H groups in total. The molecule has 1 amide bonds. The highest BCUT2D eigenvalue weighted by atomic mass is 16.5. The fourth-order valence-electron chi connectivity index (χ4n) is 3.50. The lowest BCUT2D eigenvalue weighted by molar-refractivity contribution is -0.134. The Labute approximate surface area is 149 Å². The van der Waals surface area contributed by atoms with Crippen molar-refractivity contribution < 1.29 is 9.32 Å². The second kappa shape index (κ2) is 8.79. The number of piperidine rings is 1. The molecule has 1 atom stereocenters. The minimum atomic E-state index is 0.205. The first-order valence-corrected chi connectivity index (χ1v) is 9.41. The maximum Gasteiger partial charge on any atom is 0.227 e. The van der Waals surface area contributed by atoms with Crippen molar-refractivity contribution >= 4 is 5.91 Å². The molecule has 2 heterocycles. The molecular formula is C20H27N3O2. The lowest BCUT2D eigenvalue weighted by Crippen LogP contribution is -2.45. The van der Waals surface area contributed by atoms with Gasteiger partial charge in [0.2, 0.25) is 11.8 Å². The highest BCUT2D eigenvalue weighted by molar-refractivity contribution is 5.76. The SMILES string of the molecule is CCCc1noc(CCC(=O)N2CCCC[C@H]2Cc2ccccc2)n1. The van der Waals surface area contributed by atoms with E-state index in [0.29, 0.717) is 24.8 Å². The topological polar surface area (TPSA) is 59.2 Å². The maximum atomic E-state index is 12.7. The number of aryl methyl sites for hydroxylation is 2. The van der Waals surface area contributed by atoms with Crippen molar-refractivity contribution in [3.63, 3.8) is 0 Å². The summed E-state index contributed by atoms with van der Waals surface area (Å²) in [6.45, 7) is 2.95. The number of hydrogen-bond acceptors (Lipinski definition) is 4. The molecule has 134 valence electrons. The van der Waals surface area contributed by atoms with E-state index >= 15 is 0 Å². The summed E-state index contributed by atoms with van der Waals surface area (Å²) in [6, 6.07) is 10.8. The number of aromatic nitrogens is 2. The molecule has 1 saturated heterocycles. The number of nitrogens with zero attached hydrogens (tertiary/aromatic N) is 3. The van der Waals surface area contributed by atoms with Gasteiger partial charge in [-0.3, -0.25) is 4.79 Å². The molecule has 1 aromatic heterocycles. The Bertz CT molecular complexity index is 669. The van der Waals surface area contributed by atoms with Gasteiger partial charge in [-0.2, -0.15) is 4.98 Å². The molecule has 1 aromatic carbocycles. The number of carbonyl (C=O) groups is 1. The van der Waals surface area contributed by atoms with Gasteiger partial charge in [0, 0.05) is 31.8 Å². The molecule has 1 aliphatic heterocycles. The van der Waals surface area contributed by atoms with E-state index in [2.05, 4.69) is 46.2 Å². The van der Waals surface area contributed by atoms with Crippen LogP contribution in [0.3, 0.4) is 0 Å². The number of amides is 1. The summed E-state index contributed by atoms with van der Waals surface area (Å²) < 4.78 is 5.25. The Morgan fingerprint density at radius 2 is 2.08 bits per heavy atom. The van der Waals surface area contributed by atoms with Crippen LogP contribution in [0.1, 0.15) is 56.3 Å². The first-order valence-electron chi connectivity index (χ1n) is 9.41. The Balaban J connectivity index is 1.56. The van der Waals surface area contributed by atoms with Gasteiger partial charge in [-0.25, -0.2) is 0 Å². The van der Waals surface area contributed by atoms with Gasteiger partial charge in [0.1, 0.15) is 0 Å². The summed E-state index contributed by atoms with van der Waals surface area (Å²) in [4.78, 5) is 19.2. The van der Waals surface area contributed by atoms with Gasteiger partial charge in [0.05, 0.1) is 0 Å². The highest BCUT2D eigenvalue weighted by Crippen LogP contribution is 2.22. The molecule has 0 radical (unpaired) electrons. The number of likely N-dealkylation sites (tertiary alicyclic amines) is 1. The third-order valence-electron chi connectivity index (χ3n) is 4.80. The van der Waals surface area contributed by atoms with Crippen LogP contribution in [0.2, 0.25) is 0 Å². The molecule has 0 aliphatic carbocycles. The summed E-state index contributed by atoms with van der Waals surface area (Å²) in [7, 11) is 0. The Morgan fingerprint density at radius 1 is 1.24 bits per heavy atom. The van der Waals surface area contributed by atoms with E-state index in [0.717, 1.165) is 44.5 Å². The van der Waals surface area contributed by atoms with E-state index in [1.165, 1.54) is 12.0 Å². The minimum absolute atomic E-state index is 0.205. The third kappa shape index (κ3) is 4.91. The molecule has 25 heavy (non-hydrogen) atoms. The summed E-state index contributed by atoms with van der Waals surface area (Å²) in [6.07, 6.45) is 7.11. The van der Waals surface area contributed by atoms with Crippen LogP contribution < -0.4 is 0 Å². The fourth-order valence-corrected chi connectivity index (χ4v) is 3.50. The number of rotatable bonds is 7. The molecule has 5 nitrogen and oxygen atoms in total. The lowest BCUT2D eigenvalue weighted by Gasteiger charge is -2.36. The summed E-state index contributed by atoms with van der Waals surface area (Å²) in [5.74, 6) is 1.52. The van der Waals surface area contributed by atoms with E-state index in [-0.39, 0.29) is 5.91 Å². The van der Waals surface area contributed by atoms with Crippen LogP contribution in [-0.4, -0.2) is 33.5 Å². The number of carbonyl (C=O) groups excluding carboxylic acids is 1. The van der Waals surface area contributed by atoms with Gasteiger partial charge in [-0.05, 0) is 37.7 Å². The van der Waals surface area contributed by atoms with Crippen molar-refractivity contribution in [3.05, 3.63) is 47.6 Å². The average molecular weight is 341 g/mol. The molecule has 0 saturated carbocycles. The zero-order valence-electron chi connectivity index (χ0n) is 15.0.